The molecule has 0 heterocycles. The molecule has 0 spiro atoms. The summed E-state index contributed by atoms with van der Waals surface area (Å²) in [4.78, 5) is 0. The molecular formula is C15H18BrN. The number of aryl methyl sites for hydroxylation is 1. The summed E-state index contributed by atoms with van der Waals surface area (Å²) in [6, 6.07) is 10.8. The molecule has 2 heteroatoms. The summed E-state index contributed by atoms with van der Waals surface area (Å²) in [6.07, 6.45) is 2.13. The van der Waals surface area contributed by atoms with Gasteiger partial charge in [-0.2, -0.15) is 0 Å². The van der Waals surface area contributed by atoms with E-state index in [-0.39, 0.29) is 0 Å². The Kier molecular flexibility index (Phi) is 4.19. The highest BCUT2D eigenvalue weighted by Gasteiger charge is 2.10. The molecular weight excluding hydrogens is 274 g/mol. The highest BCUT2D eigenvalue weighted by atomic mass is 79.9. The predicted molar refractivity (Wildman–Crippen MR) is 78.7 cm³/mol. The highest BCUT2D eigenvalue weighted by Crippen LogP contribution is 2.27. The topological polar surface area (TPSA) is 26.0 Å². The monoisotopic (exact) mass is 291 g/mol. The van der Waals surface area contributed by atoms with Crippen molar-refractivity contribution >= 4 is 26.7 Å². The maximum Gasteiger partial charge on any atom is 0.0187 e. The van der Waals surface area contributed by atoms with Crippen LogP contribution in [0.25, 0.3) is 10.8 Å². The van der Waals surface area contributed by atoms with Gasteiger partial charge in [0, 0.05) is 11.9 Å². The normalized spacial score (nSPS) is 11.0. The molecule has 17 heavy (non-hydrogen) atoms. The maximum atomic E-state index is 5.95. The highest BCUT2D eigenvalue weighted by molar-refractivity contribution is 9.09. The minimum Gasteiger partial charge on any atom is -0.326 e. The largest absolute Gasteiger partial charge is 0.326 e. The Morgan fingerprint density at radius 2 is 1.94 bits per heavy atom. The smallest absolute Gasteiger partial charge is 0.0187 e. The lowest BCUT2D eigenvalue weighted by molar-refractivity contribution is 0.980. The van der Waals surface area contributed by atoms with E-state index in [9.17, 15) is 0 Å². The summed E-state index contributed by atoms with van der Waals surface area (Å²) >= 11 is 3.53. The van der Waals surface area contributed by atoms with Crippen LogP contribution in [0.3, 0.4) is 0 Å². The van der Waals surface area contributed by atoms with Crippen LogP contribution in [0.5, 0.6) is 0 Å². The quantitative estimate of drug-likeness (QED) is 0.852. The fourth-order valence-corrected chi connectivity index (χ4v) is 2.95. The zero-order valence-electron chi connectivity index (χ0n) is 10.2. The van der Waals surface area contributed by atoms with Crippen LogP contribution in [-0.4, -0.2) is 5.33 Å². The minimum absolute atomic E-state index is 0.625. The molecule has 0 radical (unpaired) electrons. The molecule has 0 amide bonds. The van der Waals surface area contributed by atoms with Crippen molar-refractivity contribution in [3.05, 3.63) is 47.0 Å². The van der Waals surface area contributed by atoms with Crippen LogP contribution < -0.4 is 5.73 Å². The number of hydrogen-bond donors (Lipinski definition) is 1. The first-order valence-electron chi connectivity index (χ1n) is 6.10. The Hall–Kier alpha value is -0.860. The van der Waals surface area contributed by atoms with E-state index in [1.165, 1.54) is 27.5 Å². The molecule has 0 saturated carbocycles. The molecule has 0 aliphatic rings. The first-order valence-corrected chi connectivity index (χ1v) is 7.22. The van der Waals surface area contributed by atoms with Gasteiger partial charge in [0.1, 0.15) is 0 Å². The first kappa shape index (κ1) is 12.6. The number of hydrogen-bond acceptors (Lipinski definition) is 1. The van der Waals surface area contributed by atoms with Gasteiger partial charge in [-0.3, -0.25) is 0 Å². The fourth-order valence-electron chi connectivity index (χ4n) is 2.53. The number of halogens is 1. The molecule has 0 fully saturated rings. The molecule has 2 aromatic carbocycles. The van der Waals surface area contributed by atoms with E-state index in [0.29, 0.717) is 6.54 Å². The lowest BCUT2D eigenvalue weighted by Crippen LogP contribution is -2.06. The van der Waals surface area contributed by atoms with Gasteiger partial charge in [0.2, 0.25) is 0 Å². The zero-order valence-corrected chi connectivity index (χ0v) is 11.8. The van der Waals surface area contributed by atoms with Gasteiger partial charge in [-0.1, -0.05) is 53.2 Å². The Bertz CT molecular complexity index is 520. The van der Waals surface area contributed by atoms with Crippen molar-refractivity contribution in [2.24, 2.45) is 5.73 Å². The van der Waals surface area contributed by atoms with Crippen molar-refractivity contribution in [1.82, 2.24) is 0 Å². The Morgan fingerprint density at radius 1 is 1.18 bits per heavy atom. The lowest BCUT2D eigenvalue weighted by atomic mass is 9.91. The van der Waals surface area contributed by atoms with E-state index in [1.807, 2.05) is 0 Å². The molecule has 0 aliphatic carbocycles. The number of alkyl halides is 1. The first-order chi connectivity index (χ1) is 8.31. The van der Waals surface area contributed by atoms with Gasteiger partial charge in [-0.25, -0.2) is 0 Å². The summed E-state index contributed by atoms with van der Waals surface area (Å²) in [5.74, 6) is 0. The molecule has 2 N–H and O–H groups in total. The Morgan fingerprint density at radius 3 is 2.59 bits per heavy atom. The average Bonchev–Trinajstić information content (AvgIpc) is 2.37. The molecule has 2 rings (SSSR count). The molecule has 2 aromatic rings. The SMILES string of the molecule is CCc1c(CCBr)cc2ccccc2c1CN. The van der Waals surface area contributed by atoms with Crippen molar-refractivity contribution in [3.63, 3.8) is 0 Å². The molecule has 0 atom stereocenters. The standard InChI is InChI=1S/C15H18BrN/c1-2-13-12(7-8-16)9-11-5-3-4-6-14(11)15(13)10-17/h3-6,9H,2,7-8,10,17H2,1H3. The maximum absolute atomic E-state index is 5.95. The van der Waals surface area contributed by atoms with Gasteiger partial charge in [0.05, 0.1) is 0 Å². The second-order valence-corrected chi connectivity index (χ2v) is 5.00. The van der Waals surface area contributed by atoms with Gasteiger partial charge in [0.25, 0.3) is 0 Å². The number of nitrogens with two attached hydrogens (primary N) is 1. The van der Waals surface area contributed by atoms with Crippen LogP contribution in [0, 0.1) is 0 Å². The van der Waals surface area contributed by atoms with E-state index in [2.05, 4.69) is 53.2 Å². The van der Waals surface area contributed by atoms with E-state index < -0.39 is 0 Å². The van der Waals surface area contributed by atoms with Crippen molar-refractivity contribution in [3.8, 4) is 0 Å². The summed E-state index contributed by atoms with van der Waals surface area (Å²) < 4.78 is 0. The third-order valence-electron chi connectivity index (χ3n) is 3.29. The molecule has 0 bridgehead atoms. The Balaban J connectivity index is 2.73. The van der Waals surface area contributed by atoms with E-state index in [0.717, 1.165) is 18.2 Å². The molecule has 0 unspecified atom stereocenters. The van der Waals surface area contributed by atoms with Crippen LogP contribution in [0.15, 0.2) is 30.3 Å². The van der Waals surface area contributed by atoms with Crippen LogP contribution in [0.4, 0.5) is 0 Å². The minimum atomic E-state index is 0.625. The predicted octanol–water partition coefficient (Wildman–Crippen LogP) is 3.80. The molecule has 90 valence electrons. The van der Waals surface area contributed by atoms with Crippen molar-refractivity contribution in [2.75, 3.05) is 5.33 Å². The fraction of sp³-hybridized carbons (Fsp3) is 0.333. The van der Waals surface area contributed by atoms with Gasteiger partial charge in [-0.15, -0.1) is 0 Å². The van der Waals surface area contributed by atoms with Crippen LogP contribution in [-0.2, 0) is 19.4 Å². The van der Waals surface area contributed by atoms with Gasteiger partial charge < -0.3 is 5.73 Å². The van der Waals surface area contributed by atoms with Gasteiger partial charge in [-0.05, 0) is 40.3 Å². The molecule has 0 saturated heterocycles. The van der Waals surface area contributed by atoms with Crippen LogP contribution in [0.2, 0.25) is 0 Å². The summed E-state index contributed by atoms with van der Waals surface area (Å²) in [5, 5.41) is 3.62. The lowest BCUT2D eigenvalue weighted by Gasteiger charge is -2.15. The van der Waals surface area contributed by atoms with Crippen LogP contribution >= 0.6 is 15.9 Å². The second kappa shape index (κ2) is 5.65. The number of benzene rings is 2. The van der Waals surface area contributed by atoms with Gasteiger partial charge in [0.15, 0.2) is 0 Å². The second-order valence-electron chi connectivity index (χ2n) is 4.21. The van der Waals surface area contributed by atoms with E-state index >= 15 is 0 Å². The van der Waals surface area contributed by atoms with Crippen molar-refractivity contribution in [2.45, 2.75) is 26.3 Å². The molecule has 1 nitrogen and oxygen atoms in total. The van der Waals surface area contributed by atoms with Crippen LogP contribution in [0.1, 0.15) is 23.6 Å². The van der Waals surface area contributed by atoms with Crippen molar-refractivity contribution in [1.29, 1.82) is 0 Å². The third kappa shape index (κ3) is 2.38. The van der Waals surface area contributed by atoms with Gasteiger partial charge >= 0.3 is 0 Å². The van der Waals surface area contributed by atoms with Crippen molar-refractivity contribution < 1.29 is 0 Å². The summed E-state index contributed by atoms with van der Waals surface area (Å²) in [7, 11) is 0. The third-order valence-corrected chi connectivity index (χ3v) is 3.69. The summed E-state index contributed by atoms with van der Waals surface area (Å²) in [6.45, 7) is 2.83. The Labute approximate surface area is 111 Å². The average molecular weight is 292 g/mol. The summed E-state index contributed by atoms with van der Waals surface area (Å²) in [5.41, 5.74) is 10.1. The molecule has 0 aromatic heterocycles. The molecule has 0 aliphatic heterocycles. The number of fused-ring (bicyclic) bond motifs is 1. The van der Waals surface area contributed by atoms with E-state index in [4.69, 9.17) is 5.73 Å². The zero-order chi connectivity index (χ0) is 12.3. The number of rotatable bonds is 4. The van der Waals surface area contributed by atoms with E-state index in [1.54, 1.807) is 0 Å².